The number of hydrogen-bond acceptors (Lipinski definition) is 4. The molecule has 4 heteroatoms. The molecule has 3 nitrogen and oxygen atoms in total. The summed E-state index contributed by atoms with van der Waals surface area (Å²) in [5.41, 5.74) is 1.91. The lowest BCUT2D eigenvalue weighted by atomic mass is 10.1. The summed E-state index contributed by atoms with van der Waals surface area (Å²) in [5, 5.41) is 13.0. The van der Waals surface area contributed by atoms with Crippen LogP contribution in [0.2, 0.25) is 0 Å². The number of hydrogen-bond donors (Lipinski definition) is 1. The minimum absolute atomic E-state index is 0.390. The highest BCUT2D eigenvalue weighted by atomic mass is 32.1. The predicted octanol–water partition coefficient (Wildman–Crippen LogP) is 4.12. The first-order chi connectivity index (χ1) is 9.72. The fourth-order valence-electron chi connectivity index (χ4n) is 1.92. The predicted molar refractivity (Wildman–Crippen MR) is 82.1 cm³/mol. The van der Waals surface area contributed by atoms with Gasteiger partial charge in [0.15, 0.2) is 0 Å². The Hall–Kier alpha value is -1.39. The normalized spacial score (nSPS) is 12.3. The van der Waals surface area contributed by atoms with Crippen molar-refractivity contribution in [2.75, 3.05) is 0 Å². The molecule has 1 heterocycles. The van der Waals surface area contributed by atoms with E-state index in [0.717, 1.165) is 36.3 Å². The first-order valence-corrected chi connectivity index (χ1v) is 7.95. The molecule has 20 heavy (non-hydrogen) atoms. The summed E-state index contributed by atoms with van der Waals surface area (Å²) in [6, 6.07) is 7.61. The molecule has 0 aliphatic rings. The molecule has 0 bridgehead atoms. The minimum atomic E-state index is -0.390. The number of thiazole rings is 1. The Bertz CT molecular complexity index is 522. The van der Waals surface area contributed by atoms with E-state index in [1.807, 2.05) is 31.2 Å². The molecule has 1 aromatic heterocycles. The molecule has 0 radical (unpaired) electrons. The van der Waals surface area contributed by atoms with E-state index in [0.29, 0.717) is 6.61 Å². The molecule has 2 rings (SSSR count). The highest BCUT2D eigenvalue weighted by molar-refractivity contribution is 7.09. The third-order valence-corrected chi connectivity index (χ3v) is 4.06. The molecule has 1 N–H and O–H groups in total. The second-order valence-corrected chi connectivity index (χ2v) is 5.71. The molecule has 2 aromatic rings. The number of aromatic nitrogens is 1. The van der Waals surface area contributed by atoms with Gasteiger partial charge in [0.25, 0.3) is 0 Å². The molecule has 0 aliphatic heterocycles. The maximum Gasteiger partial charge on any atom is 0.131 e. The summed E-state index contributed by atoms with van der Waals surface area (Å²) in [6.45, 7) is 4.62. The number of nitrogens with zero attached hydrogens (tertiary/aromatic N) is 1. The number of aliphatic hydroxyl groups is 1. The largest absolute Gasteiger partial charge is 0.487 e. The van der Waals surface area contributed by atoms with Gasteiger partial charge in [0, 0.05) is 5.38 Å². The van der Waals surface area contributed by atoms with Gasteiger partial charge in [-0.2, -0.15) is 0 Å². The smallest absolute Gasteiger partial charge is 0.131 e. The van der Waals surface area contributed by atoms with Crippen molar-refractivity contribution in [1.82, 2.24) is 4.98 Å². The monoisotopic (exact) mass is 291 g/mol. The molecule has 0 saturated heterocycles. The Morgan fingerprint density at radius 2 is 2.00 bits per heavy atom. The Balaban J connectivity index is 1.89. The van der Waals surface area contributed by atoms with E-state index >= 15 is 0 Å². The van der Waals surface area contributed by atoms with Gasteiger partial charge in [-0.05, 0) is 37.0 Å². The average Bonchev–Trinajstić information content (AvgIpc) is 2.93. The van der Waals surface area contributed by atoms with Crippen molar-refractivity contribution in [2.45, 2.75) is 45.8 Å². The van der Waals surface area contributed by atoms with E-state index in [9.17, 15) is 5.11 Å². The quantitative estimate of drug-likeness (QED) is 0.834. The van der Waals surface area contributed by atoms with Crippen LogP contribution in [0.3, 0.4) is 0 Å². The third kappa shape index (κ3) is 4.05. The average molecular weight is 291 g/mol. The van der Waals surface area contributed by atoms with Crippen LogP contribution in [0.4, 0.5) is 0 Å². The van der Waals surface area contributed by atoms with Crippen LogP contribution in [0.25, 0.3) is 0 Å². The maximum atomic E-state index is 9.73. The number of ether oxygens (including phenoxy) is 1. The van der Waals surface area contributed by atoms with Crippen molar-refractivity contribution >= 4 is 11.3 Å². The Labute approximate surface area is 124 Å². The van der Waals surface area contributed by atoms with Gasteiger partial charge in [-0.15, -0.1) is 11.3 Å². The maximum absolute atomic E-state index is 9.73. The van der Waals surface area contributed by atoms with Crippen LogP contribution >= 0.6 is 11.3 Å². The summed E-state index contributed by atoms with van der Waals surface area (Å²) in [7, 11) is 0. The summed E-state index contributed by atoms with van der Waals surface area (Å²) in [6.07, 6.45) is 2.49. The van der Waals surface area contributed by atoms with Gasteiger partial charge in [-0.1, -0.05) is 26.0 Å². The molecule has 0 aliphatic carbocycles. The lowest BCUT2D eigenvalue weighted by molar-refractivity contribution is 0.173. The zero-order valence-electron chi connectivity index (χ0n) is 12.0. The first kappa shape index (κ1) is 15.0. The third-order valence-electron chi connectivity index (χ3n) is 3.10. The van der Waals surface area contributed by atoms with Gasteiger partial charge in [-0.3, -0.25) is 0 Å². The Kier molecular flexibility index (Phi) is 5.56. The second kappa shape index (κ2) is 7.41. The lowest BCUT2D eigenvalue weighted by Gasteiger charge is -2.09. The zero-order valence-corrected chi connectivity index (χ0v) is 12.8. The van der Waals surface area contributed by atoms with E-state index in [1.54, 1.807) is 11.3 Å². The van der Waals surface area contributed by atoms with Gasteiger partial charge < -0.3 is 9.84 Å². The molecule has 0 saturated carbocycles. The van der Waals surface area contributed by atoms with E-state index in [1.165, 1.54) is 5.01 Å². The van der Waals surface area contributed by atoms with E-state index in [2.05, 4.69) is 17.3 Å². The van der Waals surface area contributed by atoms with Crippen LogP contribution in [0.15, 0.2) is 29.6 Å². The van der Waals surface area contributed by atoms with Crippen LogP contribution < -0.4 is 4.74 Å². The summed E-state index contributed by atoms with van der Waals surface area (Å²) in [4.78, 5) is 4.53. The standard InChI is InChI=1S/C16H21NO2S/c1-3-5-16-17-13(11-20-16)10-19-14-8-6-12(7-9-14)15(18)4-2/h6-9,11,15,18H,3-5,10H2,1-2H3. The summed E-state index contributed by atoms with van der Waals surface area (Å²) in [5.74, 6) is 0.807. The van der Waals surface area contributed by atoms with Crippen LogP contribution in [0.1, 0.15) is 49.1 Å². The van der Waals surface area contributed by atoms with Gasteiger partial charge in [0.05, 0.1) is 16.8 Å². The molecule has 0 amide bonds. The van der Waals surface area contributed by atoms with Crippen molar-refractivity contribution in [3.8, 4) is 5.75 Å². The van der Waals surface area contributed by atoms with Crippen LogP contribution in [0, 0.1) is 0 Å². The SMILES string of the molecule is CCCc1nc(COc2ccc(C(O)CC)cc2)cs1. The van der Waals surface area contributed by atoms with Crippen molar-refractivity contribution < 1.29 is 9.84 Å². The molecule has 1 aromatic carbocycles. The molecule has 0 fully saturated rings. The molecule has 1 atom stereocenters. The van der Waals surface area contributed by atoms with Gasteiger partial charge in [0.2, 0.25) is 0 Å². The van der Waals surface area contributed by atoms with Crippen molar-refractivity contribution in [2.24, 2.45) is 0 Å². The lowest BCUT2D eigenvalue weighted by Crippen LogP contribution is -1.98. The number of aliphatic hydroxyl groups excluding tert-OH is 1. The topological polar surface area (TPSA) is 42.4 Å². The Morgan fingerprint density at radius 1 is 1.25 bits per heavy atom. The summed E-state index contributed by atoms with van der Waals surface area (Å²) >= 11 is 1.69. The van der Waals surface area contributed by atoms with Crippen LogP contribution in [0.5, 0.6) is 5.75 Å². The Morgan fingerprint density at radius 3 is 2.65 bits per heavy atom. The molecule has 1 unspecified atom stereocenters. The zero-order chi connectivity index (χ0) is 14.4. The van der Waals surface area contributed by atoms with Crippen molar-refractivity contribution in [3.63, 3.8) is 0 Å². The highest BCUT2D eigenvalue weighted by Crippen LogP contribution is 2.21. The van der Waals surface area contributed by atoms with Crippen LogP contribution in [-0.4, -0.2) is 10.1 Å². The molecular weight excluding hydrogens is 270 g/mol. The molecular formula is C16H21NO2S. The van der Waals surface area contributed by atoms with Crippen molar-refractivity contribution in [3.05, 3.63) is 45.9 Å². The van der Waals surface area contributed by atoms with Crippen LogP contribution in [-0.2, 0) is 13.0 Å². The van der Waals surface area contributed by atoms with Crippen molar-refractivity contribution in [1.29, 1.82) is 0 Å². The first-order valence-electron chi connectivity index (χ1n) is 7.07. The number of rotatable bonds is 7. The van der Waals surface area contributed by atoms with E-state index in [-0.39, 0.29) is 6.10 Å². The van der Waals surface area contributed by atoms with Gasteiger partial charge in [0.1, 0.15) is 12.4 Å². The summed E-state index contributed by atoms with van der Waals surface area (Å²) < 4.78 is 5.71. The minimum Gasteiger partial charge on any atom is -0.487 e. The fourth-order valence-corrected chi connectivity index (χ4v) is 2.81. The molecule has 108 valence electrons. The highest BCUT2D eigenvalue weighted by Gasteiger charge is 2.05. The fraction of sp³-hybridized carbons (Fsp3) is 0.438. The second-order valence-electron chi connectivity index (χ2n) is 4.76. The van der Waals surface area contributed by atoms with Gasteiger partial charge in [-0.25, -0.2) is 4.98 Å². The molecule has 0 spiro atoms. The van der Waals surface area contributed by atoms with E-state index in [4.69, 9.17) is 4.74 Å². The van der Waals surface area contributed by atoms with Gasteiger partial charge >= 0.3 is 0 Å². The number of aryl methyl sites for hydroxylation is 1. The van der Waals surface area contributed by atoms with E-state index < -0.39 is 0 Å². The number of benzene rings is 1.